The van der Waals surface area contributed by atoms with Gasteiger partial charge < -0.3 is 9.26 Å². The molecule has 3 rings (SSSR count). The van der Waals surface area contributed by atoms with Gasteiger partial charge in [0, 0.05) is 14.8 Å². The molecule has 0 aromatic heterocycles. The van der Waals surface area contributed by atoms with Crippen molar-refractivity contribution < 1.29 is 9.26 Å². The molecule has 1 saturated carbocycles. The summed E-state index contributed by atoms with van der Waals surface area (Å²) in [5.41, 5.74) is 2.51. The van der Waals surface area contributed by atoms with E-state index in [4.69, 9.17) is 9.26 Å². The highest BCUT2D eigenvalue weighted by atomic mass is 31.1. The average Bonchev–Trinajstić information content (AvgIpc) is 3.57. The summed E-state index contributed by atoms with van der Waals surface area (Å²) < 4.78 is 11.5. The first-order valence-corrected chi connectivity index (χ1v) is 11.8. The normalized spacial score (nSPS) is 12.8. The summed E-state index contributed by atoms with van der Waals surface area (Å²) in [5, 5.41) is 0. The summed E-state index contributed by atoms with van der Waals surface area (Å²) in [6.45, 7) is 9.66. The van der Waals surface area contributed by atoms with Crippen molar-refractivity contribution in [2.75, 3.05) is 19.4 Å². The minimum absolute atomic E-state index is 0.299. The fraction of sp³-hybridized carbons (Fsp3) is 0.478. The van der Waals surface area contributed by atoms with Gasteiger partial charge in [0.05, 0.1) is 0 Å². The van der Waals surface area contributed by atoms with Crippen molar-refractivity contribution in [2.45, 2.75) is 53.1 Å². The number of benzene rings is 2. The molecule has 2 aromatic carbocycles. The van der Waals surface area contributed by atoms with Crippen LogP contribution in [0.3, 0.4) is 0 Å². The molecule has 0 aliphatic heterocycles. The fourth-order valence-electron chi connectivity index (χ4n) is 2.10. The molecule has 0 N–H and O–H groups in total. The van der Waals surface area contributed by atoms with Gasteiger partial charge in [-0.05, 0) is 49.4 Å². The summed E-state index contributed by atoms with van der Waals surface area (Å²) in [6.07, 6.45) is 6.65. The summed E-state index contributed by atoms with van der Waals surface area (Å²) in [4.78, 5) is 0. The number of hydrogen-bond acceptors (Lipinski definition) is 2. The maximum atomic E-state index is 5.86. The van der Waals surface area contributed by atoms with E-state index in [1.54, 1.807) is 0 Å². The third kappa shape index (κ3) is 11.3. The largest absolute Gasteiger partial charge is 0.489 e. The maximum absolute atomic E-state index is 5.86. The van der Waals surface area contributed by atoms with Crippen LogP contribution in [0.1, 0.15) is 51.2 Å². The van der Waals surface area contributed by atoms with Crippen LogP contribution in [0.25, 0.3) is 0 Å². The van der Waals surface area contributed by atoms with E-state index >= 15 is 0 Å². The Labute approximate surface area is 161 Å². The van der Waals surface area contributed by atoms with E-state index in [0.29, 0.717) is 6.61 Å². The van der Waals surface area contributed by atoms with Gasteiger partial charge >= 0.3 is 0 Å². The predicted octanol–water partition coefficient (Wildman–Crippen LogP) is 7.07. The highest BCUT2D eigenvalue weighted by molar-refractivity contribution is 7.51. The van der Waals surface area contributed by atoms with Gasteiger partial charge in [-0.25, -0.2) is 0 Å². The van der Waals surface area contributed by atoms with E-state index in [1.807, 2.05) is 38.1 Å². The van der Waals surface area contributed by atoms with Crippen molar-refractivity contribution in [3.8, 4) is 5.75 Å². The summed E-state index contributed by atoms with van der Waals surface area (Å²) in [7, 11) is -0.299. The Morgan fingerprint density at radius 3 is 2.15 bits per heavy atom. The number of ether oxygens (including phenoxy) is 1. The van der Waals surface area contributed by atoms with Gasteiger partial charge in [0.25, 0.3) is 0 Å². The Morgan fingerprint density at radius 2 is 1.54 bits per heavy atom. The zero-order chi connectivity index (χ0) is 19.0. The van der Waals surface area contributed by atoms with E-state index in [0.717, 1.165) is 24.9 Å². The predicted molar refractivity (Wildman–Crippen MR) is 115 cm³/mol. The zero-order valence-corrected chi connectivity index (χ0v) is 17.8. The van der Waals surface area contributed by atoms with Gasteiger partial charge in [0.15, 0.2) is 0 Å². The Hall–Kier alpha value is -1.37. The van der Waals surface area contributed by atoms with Crippen molar-refractivity contribution in [1.29, 1.82) is 0 Å². The fourth-order valence-corrected chi connectivity index (χ4v) is 3.25. The minimum atomic E-state index is -0.299. The molecule has 0 heterocycles. The molecular formula is C23H35O2P. The minimum Gasteiger partial charge on any atom is -0.489 e. The Kier molecular flexibility index (Phi) is 12.9. The first kappa shape index (κ1) is 22.7. The molecule has 144 valence electrons. The number of hydrogen-bond donors (Lipinski definition) is 0. The van der Waals surface area contributed by atoms with Crippen molar-refractivity contribution >= 4 is 8.15 Å². The molecule has 3 heteroatoms. The Morgan fingerprint density at radius 1 is 0.885 bits per heavy atom. The lowest BCUT2D eigenvalue weighted by Crippen LogP contribution is -1.97. The van der Waals surface area contributed by atoms with Gasteiger partial charge in [-0.3, -0.25) is 0 Å². The van der Waals surface area contributed by atoms with Gasteiger partial charge in [0.2, 0.25) is 0 Å². The number of aryl methyl sites for hydroxylation is 1. The second-order valence-corrected chi connectivity index (χ2v) is 7.96. The highest BCUT2D eigenvalue weighted by Crippen LogP contribution is 2.32. The molecule has 0 amide bonds. The van der Waals surface area contributed by atoms with Gasteiger partial charge in [-0.15, -0.1) is 0 Å². The summed E-state index contributed by atoms with van der Waals surface area (Å²) in [5.74, 6) is 0.938. The Balaban J connectivity index is 0.000000594. The Bertz CT molecular complexity index is 567. The highest BCUT2D eigenvalue weighted by Gasteiger charge is 2.03. The van der Waals surface area contributed by atoms with Crippen LogP contribution in [-0.2, 0) is 17.6 Å². The van der Waals surface area contributed by atoms with Crippen molar-refractivity contribution in [2.24, 2.45) is 0 Å². The summed E-state index contributed by atoms with van der Waals surface area (Å²) >= 11 is 0. The van der Waals surface area contributed by atoms with E-state index < -0.39 is 0 Å². The summed E-state index contributed by atoms with van der Waals surface area (Å²) in [6, 6.07) is 18.6. The molecule has 1 atom stereocenters. The first-order valence-electron chi connectivity index (χ1n) is 9.87. The van der Waals surface area contributed by atoms with Crippen LogP contribution in [0.15, 0.2) is 54.6 Å². The molecule has 26 heavy (non-hydrogen) atoms. The third-order valence-corrected chi connectivity index (χ3v) is 5.12. The monoisotopic (exact) mass is 374 g/mol. The second-order valence-electron chi connectivity index (χ2n) is 6.00. The molecular weight excluding hydrogens is 339 g/mol. The van der Waals surface area contributed by atoms with Crippen LogP contribution in [0.4, 0.5) is 0 Å². The van der Waals surface area contributed by atoms with E-state index in [-0.39, 0.29) is 8.15 Å². The first-order chi connectivity index (χ1) is 12.8. The lowest BCUT2D eigenvalue weighted by atomic mass is 10.1. The molecule has 2 nitrogen and oxygen atoms in total. The molecule has 0 spiro atoms. The second kappa shape index (κ2) is 14.8. The van der Waals surface area contributed by atoms with Crippen molar-refractivity contribution in [3.05, 3.63) is 65.7 Å². The zero-order valence-electron chi connectivity index (χ0n) is 16.9. The van der Waals surface area contributed by atoms with E-state index in [2.05, 4.69) is 43.9 Å². The van der Waals surface area contributed by atoms with Crippen molar-refractivity contribution in [3.63, 3.8) is 0 Å². The van der Waals surface area contributed by atoms with Crippen LogP contribution in [0, 0.1) is 0 Å². The van der Waals surface area contributed by atoms with Crippen LogP contribution >= 0.6 is 8.15 Å². The van der Waals surface area contributed by atoms with Crippen LogP contribution in [0.5, 0.6) is 5.75 Å². The van der Waals surface area contributed by atoms with Crippen molar-refractivity contribution in [1.82, 2.24) is 0 Å². The van der Waals surface area contributed by atoms with E-state index in [9.17, 15) is 0 Å². The number of rotatable bonds is 8. The van der Waals surface area contributed by atoms with Gasteiger partial charge in [-0.2, -0.15) is 0 Å². The van der Waals surface area contributed by atoms with Crippen LogP contribution < -0.4 is 4.74 Å². The molecule has 1 aliphatic carbocycles. The molecule has 0 saturated heterocycles. The van der Waals surface area contributed by atoms with Gasteiger partial charge in [-0.1, -0.05) is 75.6 Å². The lowest BCUT2D eigenvalue weighted by molar-refractivity contribution is 0.306. The molecule has 0 bridgehead atoms. The SMILES string of the molecule is C1CC1.CC.CCOP(C)CCc1cccc(OCc2ccccc2)c1. The molecule has 1 aliphatic rings. The smallest absolute Gasteiger partial charge is 0.120 e. The molecule has 0 radical (unpaired) electrons. The maximum Gasteiger partial charge on any atom is 0.120 e. The average molecular weight is 375 g/mol. The quantitative estimate of drug-likeness (QED) is 0.460. The lowest BCUT2D eigenvalue weighted by Gasteiger charge is -2.12. The van der Waals surface area contributed by atoms with E-state index in [1.165, 1.54) is 30.4 Å². The standard InChI is InChI=1S/C18H23O2P.C3H6.C2H6/c1-3-20-21(2)13-12-16-10-7-11-18(14-16)19-15-17-8-5-4-6-9-17;1-2-3-1;1-2/h4-11,14H,3,12-13,15H2,1-2H3;1-3H2;1-2H3. The van der Waals surface area contributed by atoms with Crippen LogP contribution in [-0.4, -0.2) is 19.4 Å². The van der Waals surface area contributed by atoms with Gasteiger partial charge in [0.1, 0.15) is 12.4 Å². The molecule has 1 unspecified atom stereocenters. The third-order valence-electron chi connectivity index (χ3n) is 3.57. The molecule has 1 fully saturated rings. The molecule has 2 aromatic rings. The van der Waals surface area contributed by atoms with Crippen LogP contribution in [0.2, 0.25) is 0 Å². The topological polar surface area (TPSA) is 18.5 Å².